The minimum atomic E-state index is 0.177. The fourth-order valence-corrected chi connectivity index (χ4v) is 2.49. The molecule has 0 bridgehead atoms. The molecule has 92 valence electrons. The average molecular weight is 234 g/mol. The quantitative estimate of drug-likeness (QED) is 0.738. The van der Waals surface area contributed by atoms with E-state index in [0.29, 0.717) is 17.9 Å². The molecule has 0 aliphatic heterocycles. The second kappa shape index (κ2) is 4.78. The Labute approximate surface area is 102 Å². The zero-order chi connectivity index (χ0) is 12.4. The number of hydrogen-bond donors (Lipinski definition) is 0. The molecule has 3 nitrogen and oxygen atoms in total. The van der Waals surface area contributed by atoms with Crippen LogP contribution in [-0.4, -0.2) is 20.0 Å². The smallest absolute Gasteiger partial charge is 0.171 e. The van der Waals surface area contributed by atoms with Crippen molar-refractivity contribution >= 4 is 5.78 Å². The fourth-order valence-electron chi connectivity index (χ4n) is 2.49. The summed E-state index contributed by atoms with van der Waals surface area (Å²) < 4.78 is 10.7. The van der Waals surface area contributed by atoms with Gasteiger partial charge in [0.2, 0.25) is 0 Å². The molecule has 0 amide bonds. The van der Waals surface area contributed by atoms with Crippen LogP contribution in [0.4, 0.5) is 0 Å². The largest absolute Gasteiger partial charge is 0.493 e. The lowest BCUT2D eigenvalue weighted by atomic mass is 9.95. The number of Topliss-reactive ketones (excluding diaryl/α,β-unsaturated/α-hetero) is 1. The van der Waals surface area contributed by atoms with E-state index >= 15 is 0 Å². The SMILES string of the molecule is COc1cc(C)c2c(c1OC)C(=O)CCCC2. The third kappa shape index (κ3) is 2.02. The summed E-state index contributed by atoms with van der Waals surface area (Å²) in [6, 6.07) is 1.95. The van der Waals surface area contributed by atoms with Gasteiger partial charge in [-0.15, -0.1) is 0 Å². The summed E-state index contributed by atoms with van der Waals surface area (Å²) >= 11 is 0. The van der Waals surface area contributed by atoms with Crippen LogP contribution in [0.15, 0.2) is 6.07 Å². The minimum Gasteiger partial charge on any atom is -0.493 e. The molecule has 1 aliphatic rings. The van der Waals surface area contributed by atoms with Crippen LogP contribution in [0.25, 0.3) is 0 Å². The van der Waals surface area contributed by atoms with Gasteiger partial charge in [0, 0.05) is 6.42 Å². The van der Waals surface area contributed by atoms with E-state index in [-0.39, 0.29) is 5.78 Å². The normalized spacial score (nSPS) is 15.1. The van der Waals surface area contributed by atoms with Crippen molar-refractivity contribution < 1.29 is 14.3 Å². The van der Waals surface area contributed by atoms with Crippen molar-refractivity contribution in [1.29, 1.82) is 0 Å². The van der Waals surface area contributed by atoms with Gasteiger partial charge in [-0.05, 0) is 43.4 Å². The number of carbonyl (C=O) groups is 1. The second-order valence-electron chi connectivity index (χ2n) is 4.41. The van der Waals surface area contributed by atoms with Crippen LogP contribution in [0.3, 0.4) is 0 Å². The maximum Gasteiger partial charge on any atom is 0.171 e. The molecular formula is C14H18O3. The van der Waals surface area contributed by atoms with Gasteiger partial charge in [-0.1, -0.05) is 0 Å². The Balaban J connectivity index is 2.69. The van der Waals surface area contributed by atoms with E-state index < -0.39 is 0 Å². The molecule has 0 saturated heterocycles. The van der Waals surface area contributed by atoms with Gasteiger partial charge in [0.25, 0.3) is 0 Å². The van der Waals surface area contributed by atoms with Crippen LogP contribution in [0.2, 0.25) is 0 Å². The number of ketones is 1. The van der Waals surface area contributed by atoms with Gasteiger partial charge in [0.1, 0.15) is 0 Å². The lowest BCUT2D eigenvalue weighted by molar-refractivity contribution is 0.0978. The first-order chi connectivity index (χ1) is 8.19. The van der Waals surface area contributed by atoms with Crippen molar-refractivity contribution in [3.05, 3.63) is 22.8 Å². The monoisotopic (exact) mass is 234 g/mol. The summed E-state index contributed by atoms with van der Waals surface area (Å²) in [6.45, 7) is 2.03. The van der Waals surface area contributed by atoms with E-state index in [1.54, 1.807) is 14.2 Å². The highest BCUT2D eigenvalue weighted by Crippen LogP contribution is 2.38. The van der Waals surface area contributed by atoms with E-state index in [1.165, 1.54) is 0 Å². The average Bonchev–Trinajstić information content (AvgIpc) is 2.52. The van der Waals surface area contributed by atoms with Crippen molar-refractivity contribution in [1.82, 2.24) is 0 Å². The van der Waals surface area contributed by atoms with Crippen LogP contribution >= 0.6 is 0 Å². The Morgan fingerprint density at radius 3 is 2.47 bits per heavy atom. The maximum absolute atomic E-state index is 12.2. The Hall–Kier alpha value is -1.51. The highest BCUT2D eigenvalue weighted by Gasteiger charge is 2.24. The van der Waals surface area contributed by atoms with E-state index in [2.05, 4.69) is 0 Å². The molecule has 0 unspecified atom stereocenters. The fraction of sp³-hybridized carbons (Fsp3) is 0.500. The van der Waals surface area contributed by atoms with E-state index in [0.717, 1.165) is 36.0 Å². The first-order valence-electron chi connectivity index (χ1n) is 5.96. The van der Waals surface area contributed by atoms with E-state index in [4.69, 9.17) is 9.47 Å². The lowest BCUT2D eigenvalue weighted by Crippen LogP contribution is -2.07. The molecule has 0 saturated carbocycles. The highest BCUT2D eigenvalue weighted by molar-refractivity contribution is 6.01. The Kier molecular flexibility index (Phi) is 3.36. The molecule has 0 atom stereocenters. The number of benzene rings is 1. The third-order valence-corrected chi connectivity index (χ3v) is 3.36. The zero-order valence-electron chi connectivity index (χ0n) is 10.6. The number of ether oxygens (including phenoxy) is 2. The van der Waals surface area contributed by atoms with Gasteiger partial charge in [-0.3, -0.25) is 4.79 Å². The van der Waals surface area contributed by atoms with Crippen molar-refractivity contribution in [3.8, 4) is 11.5 Å². The minimum absolute atomic E-state index is 0.177. The molecular weight excluding hydrogens is 216 g/mol. The maximum atomic E-state index is 12.2. The number of rotatable bonds is 2. The molecule has 0 N–H and O–H groups in total. The van der Waals surface area contributed by atoms with Crippen molar-refractivity contribution in [2.45, 2.75) is 32.6 Å². The summed E-state index contributed by atoms with van der Waals surface area (Å²) in [7, 11) is 3.19. The second-order valence-corrected chi connectivity index (χ2v) is 4.41. The molecule has 3 heteroatoms. The predicted octanol–water partition coefficient (Wildman–Crippen LogP) is 2.92. The summed E-state index contributed by atoms with van der Waals surface area (Å²) in [5.74, 6) is 1.43. The van der Waals surface area contributed by atoms with Gasteiger partial charge in [0.05, 0.1) is 19.8 Å². The highest BCUT2D eigenvalue weighted by atomic mass is 16.5. The number of fused-ring (bicyclic) bond motifs is 1. The number of carbonyl (C=O) groups excluding carboxylic acids is 1. The van der Waals surface area contributed by atoms with Crippen LogP contribution in [0.1, 0.15) is 40.7 Å². The van der Waals surface area contributed by atoms with Gasteiger partial charge < -0.3 is 9.47 Å². The van der Waals surface area contributed by atoms with Crippen molar-refractivity contribution in [2.24, 2.45) is 0 Å². The van der Waals surface area contributed by atoms with Gasteiger partial charge >= 0.3 is 0 Å². The van der Waals surface area contributed by atoms with Gasteiger partial charge in [-0.25, -0.2) is 0 Å². The van der Waals surface area contributed by atoms with Crippen molar-refractivity contribution in [2.75, 3.05) is 14.2 Å². The molecule has 0 spiro atoms. The molecule has 1 aromatic rings. The first-order valence-corrected chi connectivity index (χ1v) is 5.96. The van der Waals surface area contributed by atoms with Crippen LogP contribution in [-0.2, 0) is 6.42 Å². The molecule has 0 heterocycles. The standard InChI is InChI=1S/C14H18O3/c1-9-8-12(16-2)14(17-3)13-10(9)6-4-5-7-11(13)15/h8H,4-7H2,1-3H3. The number of aryl methyl sites for hydroxylation is 1. The van der Waals surface area contributed by atoms with Crippen LogP contribution < -0.4 is 9.47 Å². The lowest BCUT2D eigenvalue weighted by Gasteiger charge is -2.16. The van der Waals surface area contributed by atoms with Crippen molar-refractivity contribution in [3.63, 3.8) is 0 Å². The molecule has 1 aromatic carbocycles. The Morgan fingerprint density at radius 2 is 1.82 bits per heavy atom. The summed E-state index contributed by atoms with van der Waals surface area (Å²) in [5, 5.41) is 0. The Morgan fingerprint density at radius 1 is 1.12 bits per heavy atom. The summed E-state index contributed by atoms with van der Waals surface area (Å²) in [6.07, 6.45) is 3.58. The number of hydrogen-bond acceptors (Lipinski definition) is 3. The molecule has 1 aliphatic carbocycles. The summed E-state index contributed by atoms with van der Waals surface area (Å²) in [5.41, 5.74) is 2.99. The van der Waals surface area contributed by atoms with Gasteiger partial charge in [0.15, 0.2) is 17.3 Å². The zero-order valence-corrected chi connectivity index (χ0v) is 10.6. The molecule has 0 radical (unpaired) electrons. The third-order valence-electron chi connectivity index (χ3n) is 3.36. The first kappa shape index (κ1) is 12.0. The van der Waals surface area contributed by atoms with Gasteiger partial charge in [-0.2, -0.15) is 0 Å². The molecule has 2 rings (SSSR count). The Bertz CT molecular complexity index is 449. The topological polar surface area (TPSA) is 35.5 Å². The molecule has 0 fully saturated rings. The predicted molar refractivity (Wildman–Crippen MR) is 66.2 cm³/mol. The van der Waals surface area contributed by atoms with Crippen LogP contribution in [0, 0.1) is 6.92 Å². The molecule has 17 heavy (non-hydrogen) atoms. The number of methoxy groups -OCH3 is 2. The van der Waals surface area contributed by atoms with Crippen LogP contribution in [0.5, 0.6) is 11.5 Å². The molecule has 0 aromatic heterocycles. The van der Waals surface area contributed by atoms with E-state index in [9.17, 15) is 4.79 Å². The van der Waals surface area contributed by atoms with E-state index in [1.807, 2.05) is 13.0 Å². The summed E-state index contributed by atoms with van der Waals surface area (Å²) in [4.78, 5) is 12.2.